The van der Waals surface area contributed by atoms with Gasteiger partial charge in [-0.25, -0.2) is 0 Å². The minimum atomic E-state index is -0.669. The number of hydrogen-bond donors (Lipinski definition) is 3. The molecule has 0 saturated carbocycles. The van der Waals surface area contributed by atoms with Gasteiger partial charge in [0, 0.05) is 31.3 Å². The molecule has 2 aromatic carbocycles. The molecule has 156 valence electrons. The number of carbonyl (C=O) groups is 1. The van der Waals surface area contributed by atoms with Crippen molar-refractivity contribution in [1.29, 1.82) is 0 Å². The van der Waals surface area contributed by atoms with Crippen LogP contribution in [-0.2, 0) is 0 Å². The van der Waals surface area contributed by atoms with Gasteiger partial charge in [0.05, 0.1) is 16.5 Å². The summed E-state index contributed by atoms with van der Waals surface area (Å²) in [5, 5.41) is 16.2. The van der Waals surface area contributed by atoms with E-state index in [9.17, 15) is 23.4 Å². The van der Waals surface area contributed by atoms with Crippen LogP contribution in [-0.4, -0.2) is 40.3 Å². The first-order valence-corrected chi connectivity index (χ1v) is 10.4. The molecule has 1 aliphatic rings. The summed E-state index contributed by atoms with van der Waals surface area (Å²) in [5.41, 5.74) is -0.771. The van der Waals surface area contributed by atoms with Gasteiger partial charge in [-0.1, -0.05) is 19.9 Å². The number of rotatable bonds is 8. The number of likely N-dealkylation sites (tertiary alicyclic amines) is 1. The van der Waals surface area contributed by atoms with Crippen LogP contribution in [0.25, 0.3) is 0 Å². The van der Waals surface area contributed by atoms with E-state index in [2.05, 4.69) is 10.6 Å². The Balaban J connectivity index is 1.83. The molecule has 0 aliphatic carbocycles. The zero-order valence-corrected chi connectivity index (χ0v) is 17.1. The molecule has 7 nitrogen and oxygen atoms in total. The molecule has 2 aromatic rings. The molecule has 3 N–H and O–H groups in total. The Bertz CT molecular complexity index is 969. The summed E-state index contributed by atoms with van der Waals surface area (Å²) in [6, 6.07) is 4.63. The summed E-state index contributed by atoms with van der Waals surface area (Å²) in [7, 11) is 0. The number of nitrogens with one attached hydrogen (secondary N) is 2. The van der Waals surface area contributed by atoms with Crippen LogP contribution in [0, 0.1) is 0 Å². The van der Waals surface area contributed by atoms with Crippen molar-refractivity contribution in [3.8, 4) is 5.75 Å². The van der Waals surface area contributed by atoms with Gasteiger partial charge in [0.15, 0.2) is 5.75 Å². The van der Waals surface area contributed by atoms with Crippen molar-refractivity contribution >= 4 is 35.1 Å². The molecule has 1 amide bonds. The largest absolute Gasteiger partial charge is 0.505 e. The van der Waals surface area contributed by atoms with Gasteiger partial charge in [-0.2, -0.15) is 3.89 Å². The van der Waals surface area contributed by atoms with Gasteiger partial charge in [0.1, 0.15) is 11.4 Å². The normalized spacial score (nSPS) is 16.6. The maximum Gasteiger partial charge on any atom is 0.257 e. The number of phenolic OH excluding ortho intramolecular Hbond substituents is 1. The van der Waals surface area contributed by atoms with Crippen molar-refractivity contribution in [3.05, 3.63) is 44.2 Å². The average molecular weight is 421 g/mol. The number of nitrogens with zero attached hydrogens (tertiary/aromatic N) is 1. The number of carbonyl (C=O) groups excluding carboxylic acids is 1. The zero-order valence-electron chi connectivity index (χ0n) is 16.3. The molecule has 9 heteroatoms. The number of hydrogen-bond acceptors (Lipinski definition) is 7. The van der Waals surface area contributed by atoms with Crippen LogP contribution >= 0.6 is 12.1 Å². The number of para-hydroxylation sites is 1. The predicted octanol–water partition coefficient (Wildman–Crippen LogP) is 3.16. The van der Waals surface area contributed by atoms with Crippen molar-refractivity contribution in [1.82, 2.24) is 4.90 Å². The van der Waals surface area contributed by atoms with E-state index in [1.807, 2.05) is 13.8 Å². The predicted molar refractivity (Wildman–Crippen MR) is 114 cm³/mol. The molecular formula is C20H24FN3O4S. The van der Waals surface area contributed by atoms with Gasteiger partial charge in [-0.3, -0.25) is 14.4 Å². The van der Waals surface area contributed by atoms with Gasteiger partial charge in [-0.15, -0.1) is 0 Å². The Hall–Kier alpha value is -2.55. The van der Waals surface area contributed by atoms with E-state index in [0.29, 0.717) is 13.0 Å². The van der Waals surface area contributed by atoms with E-state index in [1.165, 1.54) is 17.0 Å². The summed E-state index contributed by atoms with van der Waals surface area (Å²) in [6.45, 7) is 4.65. The van der Waals surface area contributed by atoms with Gasteiger partial charge in [-0.05, 0) is 31.4 Å². The molecule has 0 aromatic heterocycles. The second-order valence-corrected chi connectivity index (χ2v) is 7.99. The Morgan fingerprint density at radius 1 is 1.28 bits per heavy atom. The van der Waals surface area contributed by atoms with E-state index in [0.717, 1.165) is 12.8 Å². The van der Waals surface area contributed by atoms with E-state index in [-0.39, 0.29) is 58.4 Å². The Morgan fingerprint density at radius 3 is 2.59 bits per heavy atom. The fourth-order valence-electron chi connectivity index (χ4n) is 3.45. The lowest BCUT2D eigenvalue weighted by atomic mass is 10.1. The Morgan fingerprint density at radius 2 is 1.97 bits per heavy atom. The molecule has 29 heavy (non-hydrogen) atoms. The highest BCUT2D eigenvalue weighted by atomic mass is 32.2. The number of aromatic hydroxyl groups is 1. The Kier molecular flexibility index (Phi) is 6.46. The second kappa shape index (κ2) is 8.86. The maximum absolute atomic E-state index is 12.8. The molecule has 1 aliphatic heterocycles. The number of phenols is 1. The van der Waals surface area contributed by atoms with Crippen LogP contribution in [0.2, 0.25) is 0 Å². The van der Waals surface area contributed by atoms with E-state index >= 15 is 0 Å². The van der Waals surface area contributed by atoms with Crippen LogP contribution < -0.4 is 21.5 Å². The first-order valence-electron chi connectivity index (χ1n) is 9.66. The lowest BCUT2D eigenvalue weighted by Gasteiger charge is -2.21. The smallest absolute Gasteiger partial charge is 0.257 e. The zero-order chi connectivity index (χ0) is 21.1. The molecule has 3 rings (SSSR count). The SMILES string of the molecule is CCC(CC)Nc1c(Nc2cccc(C(=O)N3CC[C@@H](SF)C3)c2O)c(=O)c1=O. The molecule has 1 atom stereocenters. The molecular weight excluding hydrogens is 397 g/mol. The number of anilines is 3. The van der Waals surface area contributed by atoms with Gasteiger partial charge >= 0.3 is 0 Å². The monoisotopic (exact) mass is 421 g/mol. The topological polar surface area (TPSA) is 98.7 Å². The second-order valence-electron chi connectivity index (χ2n) is 7.14. The van der Waals surface area contributed by atoms with E-state index in [4.69, 9.17) is 0 Å². The summed E-state index contributed by atoms with van der Waals surface area (Å²) < 4.78 is 12.8. The quantitative estimate of drug-likeness (QED) is 0.445. The van der Waals surface area contributed by atoms with E-state index in [1.54, 1.807) is 6.07 Å². The third-order valence-corrected chi connectivity index (χ3v) is 5.97. The maximum atomic E-state index is 12.8. The third kappa shape index (κ3) is 4.10. The van der Waals surface area contributed by atoms with Crippen LogP contribution in [0.1, 0.15) is 43.5 Å². The minimum absolute atomic E-state index is 0.0526. The lowest BCUT2D eigenvalue weighted by molar-refractivity contribution is 0.0790. The first-order chi connectivity index (χ1) is 13.9. The lowest BCUT2D eigenvalue weighted by Crippen LogP contribution is -2.38. The van der Waals surface area contributed by atoms with Crippen LogP contribution in [0.15, 0.2) is 27.8 Å². The van der Waals surface area contributed by atoms with Crippen molar-refractivity contribution in [3.63, 3.8) is 0 Å². The van der Waals surface area contributed by atoms with Gasteiger partial charge in [0.2, 0.25) is 0 Å². The van der Waals surface area contributed by atoms with E-state index < -0.39 is 16.8 Å². The van der Waals surface area contributed by atoms with Crippen LogP contribution in [0.4, 0.5) is 20.9 Å². The molecule has 0 spiro atoms. The highest BCUT2D eigenvalue weighted by Crippen LogP contribution is 2.33. The summed E-state index contributed by atoms with van der Waals surface area (Å²) in [5.74, 6) is -0.710. The average Bonchev–Trinajstić information content (AvgIpc) is 3.23. The first kappa shape index (κ1) is 21.2. The number of halogens is 1. The van der Waals surface area contributed by atoms with Crippen molar-refractivity contribution in [2.45, 2.75) is 44.4 Å². The fraction of sp³-hybridized carbons (Fsp3) is 0.450. The van der Waals surface area contributed by atoms with Crippen LogP contribution in [0.5, 0.6) is 5.75 Å². The summed E-state index contributed by atoms with van der Waals surface area (Å²) in [4.78, 5) is 38.2. The van der Waals surface area contributed by atoms with Crippen molar-refractivity contribution < 1.29 is 13.8 Å². The third-order valence-electron chi connectivity index (χ3n) is 5.33. The summed E-state index contributed by atoms with van der Waals surface area (Å²) >= 11 is 0.233. The molecule has 0 radical (unpaired) electrons. The van der Waals surface area contributed by atoms with Crippen molar-refractivity contribution in [2.75, 3.05) is 23.7 Å². The van der Waals surface area contributed by atoms with Gasteiger partial charge in [0.25, 0.3) is 16.8 Å². The van der Waals surface area contributed by atoms with Crippen molar-refractivity contribution in [2.24, 2.45) is 0 Å². The molecule has 0 unspecified atom stereocenters. The van der Waals surface area contributed by atoms with Crippen LogP contribution in [0.3, 0.4) is 0 Å². The standard InChI is InChI=1S/C20H24FN3O4S/c1-3-11(4-2)22-15-16(19(27)18(15)26)23-14-7-5-6-13(17(14)25)20(28)24-9-8-12(10-24)29-21/h5-7,11-12,22-23,25H,3-4,8-10H2,1-2H3/t12-/m1/s1. The number of benzene rings is 1. The Labute approximate surface area is 172 Å². The molecule has 0 bridgehead atoms. The molecule has 1 fully saturated rings. The number of amides is 1. The molecule has 1 saturated heterocycles. The van der Waals surface area contributed by atoms with Gasteiger partial charge < -0.3 is 20.6 Å². The summed E-state index contributed by atoms with van der Waals surface area (Å²) in [6.07, 6.45) is 2.14. The fourth-order valence-corrected chi connectivity index (χ4v) is 3.88. The minimum Gasteiger partial charge on any atom is -0.505 e. The highest BCUT2D eigenvalue weighted by molar-refractivity contribution is 7.95. The highest BCUT2D eigenvalue weighted by Gasteiger charge is 2.30. The molecule has 1 heterocycles.